The van der Waals surface area contributed by atoms with E-state index in [1.807, 2.05) is 11.9 Å². The molecule has 1 N–H and O–H groups in total. The van der Waals surface area contributed by atoms with E-state index in [4.69, 9.17) is 0 Å². The molecule has 34 heavy (non-hydrogen) atoms. The predicted molar refractivity (Wildman–Crippen MR) is 133 cm³/mol. The van der Waals surface area contributed by atoms with Gasteiger partial charge < -0.3 is 15.1 Å². The first kappa shape index (κ1) is 24.5. The topological polar surface area (TPSA) is 52.7 Å². The van der Waals surface area contributed by atoms with Crippen LogP contribution < -0.4 is 10.2 Å². The van der Waals surface area contributed by atoms with Crippen molar-refractivity contribution in [3.8, 4) is 0 Å². The van der Waals surface area contributed by atoms with Crippen molar-refractivity contribution in [2.24, 2.45) is 0 Å². The molecule has 2 aliphatic rings. The van der Waals surface area contributed by atoms with Gasteiger partial charge in [0, 0.05) is 36.8 Å². The van der Waals surface area contributed by atoms with E-state index in [1.165, 1.54) is 18.2 Å². The molecule has 1 aliphatic heterocycles. The maximum Gasteiger partial charge on any atom is 0.256 e. The Morgan fingerprint density at radius 3 is 2.35 bits per heavy atom. The first-order valence-electron chi connectivity index (χ1n) is 12.0. The number of rotatable bonds is 7. The Balaban J connectivity index is 1.42. The van der Waals surface area contributed by atoms with Crippen molar-refractivity contribution in [2.75, 3.05) is 36.1 Å². The third-order valence-corrected chi connectivity index (χ3v) is 7.75. The third kappa shape index (κ3) is 5.71. The highest BCUT2D eigenvalue weighted by molar-refractivity contribution is 8.00. The molecule has 8 heteroatoms. The van der Waals surface area contributed by atoms with Crippen LogP contribution >= 0.6 is 11.8 Å². The van der Waals surface area contributed by atoms with Crippen LogP contribution in [-0.2, 0) is 4.79 Å². The molecule has 1 saturated carbocycles. The van der Waals surface area contributed by atoms with Crippen molar-refractivity contribution in [1.82, 2.24) is 4.90 Å². The second-order valence-electron chi connectivity index (χ2n) is 9.02. The zero-order valence-corrected chi connectivity index (χ0v) is 20.3. The molecular weight excluding hydrogens is 456 g/mol. The predicted octanol–water partition coefficient (Wildman–Crippen LogP) is 5.70. The van der Waals surface area contributed by atoms with Crippen LogP contribution in [0.15, 0.2) is 41.3 Å². The smallest absolute Gasteiger partial charge is 0.256 e. The summed E-state index contributed by atoms with van der Waals surface area (Å²) in [4.78, 5) is 29.9. The molecule has 1 aliphatic carbocycles. The fourth-order valence-corrected chi connectivity index (χ4v) is 5.75. The largest absolute Gasteiger partial charge is 0.367 e. The molecule has 0 atom stereocenters. The van der Waals surface area contributed by atoms with Gasteiger partial charge in [0.15, 0.2) is 11.6 Å². The van der Waals surface area contributed by atoms with E-state index < -0.39 is 17.5 Å². The minimum Gasteiger partial charge on any atom is -0.367 e. The van der Waals surface area contributed by atoms with E-state index in [-0.39, 0.29) is 29.1 Å². The van der Waals surface area contributed by atoms with Crippen LogP contribution in [0, 0.1) is 11.6 Å². The molecule has 0 bridgehead atoms. The first-order valence-corrected chi connectivity index (χ1v) is 13.0. The molecule has 5 nitrogen and oxygen atoms in total. The number of hydrogen-bond acceptors (Lipinski definition) is 4. The van der Waals surface area contributed by atoms with Gasteiger partial charge in [-0.2, -0.15) is 0 Å². The fourth-order valence-electron chi connectivity index (χ4n) is 4.77. The van der Waals surface area contributed by atoms with Gasteiger partial charge in [-0.1, -0.05) is 31.4 Å². The van der Waals surface area contributed by atoms with Gasteiger partial charge in [-0.15, -0.1) is 11.8 Å². The molecule has 2 aromatic rings. The van der Waals surface area contributed by atoms with Gasteiger partial charge in [-0.25, -0.2) is 8.78 Å². The molecule has 2 aromatic carbocycles. The molecule has 0 aromatic heterocycles. The van der Waals surface area contributed by atoms with Crippen molar-refractivity contribution >= 4 is 35.0 Å². The summed E-state index contributed by atoms with van der Waals surface area (Å²) in [6.07, 6.45) is 7.42. The molecule has 4 rings (SSSR count). The monoisotopic (exact) mass is 487 g/mol. The Morgan fingerprint density at radius 1 is 1.03 bits per heavy atom. The summed E-state index contributed by atoms with van der Waals surface area (Å²) in [5.74, 6) is -1.57. The molecule has 0 radical (unpaired) electrons. The van der Waals surface area contributed by atoms with Crippen molar-refractivity contribution < 1.29 is 18.4 Å². The zero-order chi connectivity index (χ0) is 24.1. The van der Waals surface area contributed by atoms with E-state index in [1.54, 1.807) is 29.2 Å². The lowest BCUT2D eigenvalue weighted by Gasteiger charge is -2.31. The Hall–Kier alpha value is -2.61. The van der Waals surface area contributed by atoms with Crippen molar-refractivity contribution in [3.63, 3.8) is 0 Å². The highest BCUT2D eigenvalue weighted by Crippen LogP contribution is 2.31. The SMILES string of the molecule is CN(C(=O)CSc1ccccc1C(=O)Nc1cc(F)c(N2CCCC2)c(F)c1)C1CCCCC1. The molecule has 182 valence electrons. The van der Waals surface area contributed by atoms with Gasteiger partial charge in [-0.05, 0) is 49.9 Å². The Labute approximate surface area is 203 Å². The second kappa shape index (κ2) is 11.2. The van der Waals surface area contributed by atoms with E-state index in [0.29, 0.717) is 23.5 Å². The number of nitrogens with one attached hydrogen (secondary N) is 1. The molecule has 0 unspecified atom stereocenters. The fraction of sp³-hybridized carbons (Fsp3) is 0.462. The van der Waals surface area contributed by atoms with E-state index in [2.05, 4.69) is 5.32 Å². The number of anilines is 2. The van der Waals surface area contributed by atoms with Gasteiger partial charge in [0.2, 0.25) is 5.91 Å². The lowest BCUT2D eigenvalue weighted by Crippen LogP contribution is -2.39. The van der Waals surface area contributed by atoms with E-state index in [0.717, 1.165) is 50.7 Å². The van der Waals surface area contributed by atoms with Crippen molar-refractivity contribution in [3.05, 3.63) is 53.6 Å². The van der Waals surface area contributed by atoms with Crippen molar-refractivity contribution in [2.45, 2.75) is 55.9 Å². The van der Waals surface area contributed by atoms with Crippen molar-refractivity contribution in [1.29, 1.82) is 0 Å². The average Bonchev–Trinajstić information content (AvgIpc) is 3.36. The second-order valence-corrected chi connectivity index (χ2v) is 10.0. The maximum atomic E-state index is 14.7. The summed E-state index contributed by atoms with van der Waals surface area (Å²) in [5, 5.41) is 2.61. The van der Waals surface area contributed by atoms with Crippen LogP contribution in [0.25, 0.3) is 0 Å². The lowest BCUT2D eigenvalue weighted by molar-refractivity contribution is -0.129. The van der Waals surface area contributed by atoms with Crippen LogP contribution in [0.4, 0.5) is 20.2 Å². The summed E-state index contributed by atoms with van der Waals surface area (Å²) in [7, 11) is 1.85. The number of thioether (sulfide) groups is 1. The normalized spacial score (nSPS) is 16.5. The quantitative estimate of drug-likeness (QED) is 0.509. The average molecular weight is 488 g/mol. The highest BCUT2D eigenvalue weighted by atomic mass is 32.2. The summed E-state index contributed by atoms with van der Waals surface area (Å²) >= 11 is 1.31. The van der Waals surface area contributed by atoms with Gasteiger partial charge >= 0.3 is 0 Å². The summed E-state index contributed by atoms with van der Waals surface area (Å²) in [6.45, 7) is 1.25. The van der Waals surface area contributed by atoms with E-state index >= 15 is 0 Å². The first-order chi connectivity index (χ1) is 16.4. The number of carbonyl (C=O) groups excluding carboxylic acids is 2. The molecular formula is C26H31F2N3O2S. The molecule has 2 fully saturated rings. The van der Waals surface area contributed by atoms with E-state index in [9.17, 15) is 18.4 Å². The standard InChI is InChI=1S/C26H31F2N3O2S/c1-30(19-9-3-2-4-10-19)24(32)17-34-23-12-6-5-11-20(23)26(33)29-18-15-21(27)25(22(28)16-18)31-13-7-8-14-31/h5-6,11-12,15-16,19H,2-4,7-10,13-14,17H2,1H3,(H,29,33). The number of nitrogens with zero attached hydrogens (tertiary/aromatic N) is 2. The minimum atomic E-state index is -0.684. The highest BCUT2D eigenvalue weighted by Gasteiger charge is 2.24. The lowest BCUT2D eigenvalue weighted by atomic mass is 9.94. The summed E-state index contributed by atoms with van der Waals surface area (Å²) in [5.41, 5.74) is 0.396. The van der Waals surface area contributed by atoms with Crippen LogP contribution in [0.1, 0.15) is 55.3 Å². The Morgan fingerprint density at radius 2 is 1.68 bits per heavy atom. The summed E-state index contributed by atoms with van der Waals surface area (Å²) < 4.78 is 29.3. The number of halogens is 2. The van der Waals surface area contributed by atoms with Gasteiger partial charge in [0.25, 0.3) is 5.91 Å². The minimum absolute atomic E-state index is 0.0351. The summed E-state index contributed by atoms with van der Waals surface area (Å²) in [6, 6.07) is 9.57. The van der Waals surface area contributed by atoms with Crippen LogP contribution in [0.3, 0.4) is 0 Å². The van der Waals surface area contributed by atoms with Gasteiger partial charge in [0.1, 0.15) is 5.69 Å². The third-order valence-electron chi connectivity index (χ3n) is 6.70. The van der Waals surface area contributed by atoms with Gasteiger partial charge in [-0.3, -0.25) is 9.59 Å². The van der Waals surface area contributed by atoms with Crippen LogP contribution in [-0.4, -0.2) is 48.6 Å². The number of benzene rings is 2. The number of amides is 2. The van der Waals surface area contributed by atoms with Crippen LogP contribution in [0.2, 0.25) is 0 Å². The molecule has 0 spiro atoms. The van der Waals surface area contributed by atoms with Crippen LogP contribution in [0.5, 0.6) is 0 Å². The maximum absolute atomic E-state index is 14.7. The van der Waals surface area contributed by atoms with Gasteiger partial charge in [0.05, 0.1) is 11.3 Å². The molecule has 2 amide bonds. The Kier molecular flexibility index (Phi) is 8.08. The number of hydrogen-bond donors (Lipinski definition) is 1. The Bertz CT molecular complexity index is 1010. The zero-order valence-electron chi connectivity index (χ0n) is 19.5. The number of carbonyl (C=O) groups is 2. The molecule has 1 saturated heterocycles. The molecule has 1 heterocycles.